The number of aliphatic hydroxyl groups excluding tert-OH is 1. The van der Waals surface area contributed by atoms with Crippen LogP contribution >= 0.6 is 0 Å². The second kappa shape index (κ2) is 6.83. The summed E-state index contributed by atoms with van der Waals surface area (Å²) in [5, 5.41) is 10.6. The van der Waals surface area contributed by atoms with E-state index in [4.69, 9.17) is 9.47 Å². The minimum absolute atomic E-state index is 0.504. The molecule has 0 bridgehead atoms. The van der Waals surface area contributed by atoms with Gasteiger partial charge in [-0.2, -0.15) is 0 Å². The number of β-amino-alcohol motifs (C(OH)–C–C–N with tert-alkyl or cyclic N) is 1. The van der Waals surface area contributed by atoms with E-state index in [1.807, 2.05) is 18.2 Å². The number of benzene rings is 2. The first-order chi connectivity index (χ1) is 11.8. The monoisotopic (exact) mass is 325 g/mol. The van der Waals surface area contributed by atoms with Gasteiger partial charge in [0.25, 0.3) is 0 Å². The molecule has 2 heterocycles. The van der Waals surface area contributed by atoms with E-state index in [1.54, 1.807) is 0 Å². The molecule has 0 saturated carbocycles. The Morgan fingerprint density at radius 2 is 1.83 bits per heavy atom. The van der Waals surface area contributed by atoms with Gasteiger partial charge in [-0.05, 0) is 42.1 Å². The molecule has 4 nitrogen and oxygen atoms in total. The van der Waals surface area contributed by atoms with Crippen LogP contribution < -0.4 is 9.47 Å². The maximum absolute atomic E-state index is 10.6. The molecule has 0 radical (unpaired) electrons. The van der Waals surface area contributed by atoms with Crippen LogP contribution in [0.3, 0.4) is 0 Å². The Balaban J connectivity index is 1.39. The van der Waals surface area contributed by atoms with Crippen molar-refractivity contribution in [2.75, 3.05) is 32.8 Å². The van der Waals surface area contributed by atoms with Crippen LogP contribution in [0.15, 0.2) is 48.5 Å². The highest BCUT2D eigenvalue weighted by Crippen LogP contribution is 2.34. The van der Waals surface area contributed by atoms with E-state index in [1.165, 1.54) is 5.56 Å². The molecule has 4 heteroatoms. The van der Waals surface area contributed by atoms with Gasteiger partial charge in [0.05, 0.1) is 6.10 Å². The SMILES string of the molecule is O[C@@H](CN1CC[C@@H](c2ccccc2)C1)c1ccc2c(c1)OCCO2. The first-order valence-electron chi connectivity index (χ1n) is 8.64. The first kappa shape index (κ1) is 15.5. The molecule has 2 aliphatic rings. The van der Waals surface area contributed by atoms with Crippen molar-refractivity contribution in [3.8, 4) is 11.5 Å². The minimum Gasteiger partial charge on any atom is -0.486 e. The van der Waals surface area contributed by atoms with Crippen molar-refractivity contribution in [3.05, 3.63) is 59.7 Å². The van der Waals surface area contributed by atoms with Crippen LogP contribution in [0.25, 0.3) is 0 Å². The molecular formula is C20H23NO3. The van der Waals surface area contributed by atoms with Gasteiger partial charge >= 0.3 is 0 Å². The summed E-state index contributed by atoms with van der Waals surface area (Å²) in [5.74, 6) is 2.07. The maximum atomic E-state index is 10.6. The Morgan fingerprint density at radius 3 is 2.67 bits per heavy atom. The lowest BCUT2D eigenvalue weighted by Gasteiger charge is -2.23. The maximum Gasteiger partial charge on any atom is 0.161 e. The Labute approximate surface area is 142 Å². The number of fused-ring (bicyclic) bond motifs is 1. The fourth-order valence-corrected chi connectivity index (χ4v) is 3.61. The highest BCUT2D eigenvalue weighted by Gasteiger charge is 2.26. The topological polar surface area (TPSA) is 41.9 Å². The van der Waals surface area contributed by atoms with Gasteiger partial charge in [0.1, 0.15) is 13.2 Å². The average Bonchev–Trinajstić information content (AvgIpc) is 3.10. The Morgan fingerprint density at radius 1 is 1.04 bits per heavy atom. The van der Waals surface area contributed by atoms with Crippen molar-refractivity contribution in [1.29, 1.82) is 0 Å². The molecule has 0 aromatic heterocycles. The lowest BCUT2D eigenvalue weighted by molar-refractivity contribution is 0.124. The smallest absolute Gasteiger partial charge is 0.161 e. The molecular weight excluding hydrogens is 302 g/mol. The van der Waals surface area contributed by atoms with E-state index in [0.29, 0.717) is 25.7 Å². The molecule has 0 unspecified atom stereocenters. The van der Waals surface area contributed by atoms with Crippen LogP contribution in [0.5, 0.6) is 11.5 Å². The number of ether oxygens (including phenoxy) is 2. The van der Waals surface area contributed by atoms with E-state index >= 15 is 0 Å². The van der Waals surface area contributed by atoms with E-state index in [0.717, 1.165) is 36.6 Å². The number of rotatable bonds is 4. The van der Waals surface area contributed by atoms with Gasteiger partial charge in [0.15, 0.2) is 11.5 Å². The van der Waals surface area contributed by atoms with Crippen molar-refractivity contribution < 1.29 is 14.6 Å². The minimum atomic E-state index is -0.504. The van der Waals surface area contributed by atoms with E-state index in [2.05, 4.69) is 35.2 Å². The zero-order chi connectivity index (χ0) is 16.4. The molecule has 2 aromatic carbocycles. The third kappa shape index (κ3) is 3.25. The van der Waals surface area contributed by atoms with Gasteiger partial charge < -0.3 is 14.6 Å². The normalized spacial score (nSPS) is 21.6. The van der Waals surface area contributed by atoms with Gasteiger partial charge in [-0.25, -0.2) is 0 Å². The van der Waals surface area contributed by atoms with Crippen LogP contribution in [-0.4, -0.2) is 42.9 Å². The summed E-state index contributed by atoms with van der Waals surface area (Å²) in [4.78, 5) is 2.35. The highest BCUT2D eigenvalue weighted by molar-refractivity contribution is 5.44. The van der Waals surface area contributed by atoms with Gasteiger partial charge in [0.2, 0.25) is 0 Å². The Hall–Kier alpha value is -2.04. The molecule has 2 aromatic rings. The summed E-state index contributed by atoms with van der Waals surface area (Å²) in [6, 6.07) is 16.4. The summed E-state index contributed by atoms with van der Waals surface area (Å²) >= 11 is 0. The molecule has 126 valence electrons. The molecule has 24 heavy (non-hydrogen) atoms. The fraction of sp³-hybridized carbons (Fsp3) is 0.400. The highest BCUT2D eigenvalue weighted by atomic mass is 16.6. The summed E-state index contributed by atoms with van der Waals surface area (Å²) in [6.45, 7) is 3.84. The standard InChI is InChI=1S/C20H23NO3/c22-18(16-6-7-19-20(12-16)24-11-10-23-19)14-21-9-8-17(13-21)15-4-2-1-3-5-15/h1-7,12,17-18,22H,8-11,13-14H2/t17-,18+/m1/s1. The van der Waals surface area contributed by atoms with Crippen LogP contribution in [0, 0.1) is 0 Å². The zero-order valence-electron chi connectivity index (χ0n) is 13.7. The summed E-state index contributed by atoms with van der Waals surface area (Å²) in [7, 11) is 0. The fourth-order valence-electron chi connectivity index (χ4n) is 3.61. The zero-order valence-corrected chi connectivity index (χ0v) is 13.7. The van der Waals surface area contributed by atoms with Crippen molar-refractivity contribution in [1.82, 2.24) is 4.90 Å². The van der Waals surface area contributed by atoms with Crippen molar-refractivity contribution in [2.24, 2.45) is 0 Å². The van der Waals surface area contributed by atoms with Crippen LogP contribution in [-0.2, 0) is 0 Å². The summed E-state index contributed by atoms with van der Waals surface area (Å²) in [6.07, 6.45) is 0.646. The second-order valence-corrected chi connectivity index (χ2v) is 6.57. The van der Waals surface area contributed by atoms with E-state index in [-0.39, 0.29) is 0 Å². The third-order valence-electron chi connectivity index (χ3n) is 4.93. The lowest BCUT2D eigenvalue weighted by atomic mass is 9.99. The molecule has 0 spiro atoms. The predicted molar refractivity (Wildman–Crippen MR) is 92.6 cm³/mol. The van der Waals surface area contributed by atoms with Gasteiger partial charge in [-0.15, -0.1) is 0 Å². The summed E-state index contributed by atoms with van der Waals surface area (Å²) in [5.41, 5.74) is 2.29. The first-order valence-corrected chi connectivity index (χ1v) is 8.64. The lowest BCUT2D eigenvalue weighted by Crippen LogP contribution is -2.26. The molecule has 1 saturated heterocycles. The van der Waals surface area contributed by atoms with E-state index < -0.39 is 6.10 Å². The van der Waals surface area contributed by atoms with Crippen molar-refractivity contribution >= 4 is 0 Å². The number of likely N-dealkylation sites (tertiary alicyclic amines) is 1. The molecule has 2 aliphatic heterocycles. The number of nitrogens with zero attached hydrogens (tertiary/aromatic N) is 1. The number of hydrogen-bond donors (Lipinski definition) is 1. The molecule has 2 atom stereocenters. The molecule has 1 fully saturated rings. The molecule has 0 aliphatic carbocycles. The molecule has 4 rings (SSSR count). The van der Waals surface area contributed by atoms with Crippen LogP contribution in [0.1, 0.15) is 29.6 Å². The van der Waals surface area contributed by atoms with Crippen molar-refractivity contribution in [3.63, 3.8) is 0 Å². The second-order valence-electron chi connectivity index (χ2n) is 6.57. The van der Waals surface area contributed by atoms with E-state index in [9.17, 15) is 5.11 Å². The average molecular weight is 325 g/mol. The van der Waals surface area contributed by atoms with Gasteiger partial charge in [-0.1, -0.05) is 36.4 Å². The Kier molecular flexibility index (Phi) is 4.41. The summed E-state index contributed by atoms with van der Waals surface area (Å²) < 4.78 is 11.1. The van der Waals surface area contributed by atoms with Crippen LogP contribution in [0.2, 0.25) is 0 Å². The molecule has 1 N–H and O–H groups in total. The quantitative estimate of drug-likeness (QED) is 0.938. The predicted octanol–water partition coefficient (Wildman–Crippen LogP) is 2.98. The largest absolute Gasteiger partial charge is 0.486 e. The molecule has 0 amide bonds. The van der Waals surface area contributed by atoms with Crippen molar-refractivity contribution in [2.45, 2.75) is 18.4 Å². The van der Waals surface area contributed by atoms with Crippen LogP contribution in [0.4, 0.5) is 0 Å². The number of hydrogen-bond acceptors (Lipinski definition) is 4. The number of aliphatic hydroxyl groups is 1. The third-order valence-corrected chi connectivity index (χ3v) is 4.93. The van der Waals surface area contributed by atoms with Gasteiger partial charge in [0, 0.05) is 13.1 Å². The van der Waals surface area contributed by atoms with Gasteiger partial charge in [-0.3, -0.25) is 4.90 Å². The Bertz CT molecular complexity index is 689.